The second-order valence-corrected chi connectivity index (χ2v) is 4.64. The van der Waals surface area contributed by atoms with E-state index < -0.39 is 0 Å². The summed E-state index contributed by atoms with van der Waals surface area (Å²) in [5.41, 5.74) is 1.01. The molecule has 2 rings (SSSR count). The number of hydrogen-bond donors (Lipinski definition) is 2. The molecule has 2 N–H and O–H groups in total. The fourth-order valence-corrected chi connectivity index (χ4v) is 2.11. The lowest BCUT2D eigenvalue weighted by Crippen LogP contribution is -2.39. The van der Waals surface area contributed by atoms with Crippen molar-refractivity contribution in [1.82, 2.24) is 10.6 Å². The molecule has 1 aromatic rings. The van der Waals surface area contributed by atoms with Gasteiger partial charge in [0.2, 0.25) is 0 Å². The van der Waals surface area contributed by atoms with Crippen LogP contribution in [0.4, 0.5) is 4.79 Å². The molecule has 100 valence electrons. The van der Waals surface area contributed by atoms with Gasteiger partial charge >= 0.3 is 6.03 Å². The van der Waals surface area contributed by atoms with Crippen molar-refractivity contribution in [2.45, 2.75) is 39.3 Å². The Morgan fingerprint density at radius 3 is 2.89 bits per heavy atom. The Kier molecular flexibility index (Phi) is 4.25. The van der Waals surface area contributed by atoms with Crippen LogP contribution < -0.4 is 10.6 Å². The average Bonchev–Trinajstić information content (AvgIpc) is 2.94. The van der Waals surface area contributed by atoms with Crippen molar-refractivity contribution in [3.63, 3.8) is 0 Å². The average molecular weight is 252 g/mol. The Morgan fingerprint density at radius 2 is 2.28 bits per heavy atom. The number of carbonyl (C=O) groups is 1. The largest absolute Gasteiger partial charge is 0.466 e. The second-order valence-electron chi connectivity index (χ2n) is 4.64. The number of aryl methyl sites for hydroxylation is 2. The van der Waals surface area contributed by atoms with E-state index in [1.807, 2.05) is 19.9 Å². The molecule has 1 atom stereocenters. The molecule has 18 heavy (non-hydrogen) atoms. The van der Waals surface area contributed by atoms with Crippen molar-refractivity contribution in [1.29, 1.82) is 0 Å². The lowest BCUT2D eigenvalue weighted by atomic mass is 10.2. The van der Waals surface area contributed by atoms with Crippen molar-refractivity contribution in [3.8, 4) is 0 Å². The first-order chi connectivity index (χ1) is 8.65. The number of hydrogen-bond acceptors (Lipinski definition) is 3. The molecule has 1 aliphatic heterocycles. The topological polar surface area (TPSA) is 63.5 Å². The summed E-state index contributed by atoms with van der Waals surface area (Å²) in [6.45, 7) is 5.67. The van der Waals surface area contributed by atoms with Gasteiger partial charge in [-0.1, -0.05) is 0 Å². The summed E-state index contributed by atoms with van der Waals surface area (Å²) in [5.74, 6) is 1.72. The van der Waals surface area contributed by atoms with Crippen molar-refractivity contribution in [2.24, 2.45) is 0 Å². The number of urea groups is 1. The molecule has 5 heteroatoms. The highest BCUT2D eigenvalue weighted by Gasteiger charge is 2.16. The van der Waals surface area contributed by atoms with Gasteiger partial charge in [-0.05, 0) is 32.8 Å². The van der Waals surface area contributed by atoms with E-state index >= 15 is 0 Å². The van der Waals surface area contributed by atoms with Crippen LogP contribution in [-0.4, -0.2) is 25.3 Å². The molecule has 0 aromatic carbocycles. The maximum absolute atomic E-state index is 11.6. The van der Waals surface area contributed by atoms with Gasteiger partial charge in [0, 0.05) is 25.3 Å². The maximum atomic E-state index is 11.6. The minimum Gasteiger partial charge on any atom is -0.466 e. The smallest absolute Gasteiger partial charge is 0.315 e. The Morgan fingerprint density at radius 1 is 1.44 bits per heavy atom. The van der Waals surface area contributed by atoms with Crippen molar-refractivity contribution in [2.75, 3.05) is 13.2 Å². The highest BCUT2D eigenvalue weighted by atomic mass is 16.5. The zero-order chi connectivity index (χ0) is 13.0. The summed E-state index contributed by atoms with van der Waals surface area (Å²) < 4.78 is 10.8. The summed E-state index contributed by atoms with van der Waals surface area (Å²) in [7, 11) is 0. The quantitative estimate of drug-likeness (QED) is 0.860. The van der Waals surface area contributed by atoms with E-state index in [0.717, 1.165) is 36.5 Å². The first-order valence-electron chi connectivity index (χ1n) is 6.34. The van der Waals surface area contributed by atoms with Crippen LogP contribution in [0, 0.1) is 13.8 Å². The maximum Gasteiger partial charge on any atom is 0.315 e. The SMILES string of the molecule is Cc1cc(CNC(=O)NCC2CCCO2)c(C)o1. The highest BCUT2D eigenvalue weighted by molar-refractivity contribution is 5.73. The Labute approximate surface area is 107 Å². The number of ether oxygens (including phenoxy) is 1. The zero-order valence-electron chi connectivity index (χ0n) is 10.9. The van der Waals surface area contributed by atoms with Crippen LogP contribution in [0.3, 0.4) is 0 Å². The first-order valence-corrected chi connectivity index (χ1v) is 6.34. The van der Waals surface area contributed by atoms with E-state index in [4.69, 9.17) is 9.15 Å². The summed E-state index contributed by atoms with van der Waals surface area (Å²) in [5, 5.41) is 5.63. The second kappa shape index (κ2) is 5.91. The highest BCUT2D eigenvalue weighted by Crippen LogP contribution is 2.13. The molecule has 0 spiro atoms. The van der Waals surface area contributed by atoms with E-state index in [2.05, 4.69) is 10.6 Å². The lowest BCUT2D eigenvalue weighted by Gasteiger charge is -2.11. The molecule has 2 heterocycles. The van der Waals surface area contributed by atoms with Crippen LogP contribution in [0.2, 0.25) is 0 Å². The van der Waals surface area contributed by atoms with Gasteiger partial charge in [-0.3, -0.25) is 0 Å². The van der Waals surface area contributed by atoms with Gasteiger partial charge in [-0.15, -0.1) is 0 Å². The van der Waals surface area contributed by atoms with Crippen LogP contribution in [0.25, 0.3) is 0 Å². The first kappa shape index (κ1) is 13.0. The molecule has 1 unspecified atom stereocenters. The molecule has 1 saturated heterocycles. The molecule has 0 bridgehead atoms. The number of nitrogens with one attached hydrogen (secondary N) is 2. The van der Waals surface area contributed by atoms with Crippen LogP contribution in [0.15, 0.2) is 10.5 Å². The molecule has 1 aliphatic rings. The molecule has 2 amide bonds. The van der Waals surface area contributed by atoms with Crippen LogP contribution in [0.5, 0.6) is 0 Å². The molecule has 1 fully saturated rings. The molecule has 0 aliphatic carbocycles. The summed E-state index contributed by atoms with van der Waals surface area (Å²) in [6.07, 6.45) is 2.29. The molecular weight excluding hydrogens is 232 g/mol. The van der Waals surface area contributed by atoms with Crippen LogP contribution in [-0.2, 0) is 11.3 Å². The minimum absolute atomic E-state index is 0.163. The molecule has 5 nitrogen and oxygen atoms in total. The Balaban J connectivity index is 1.69. The van der Waals surface area contributed by atoms with Crippen molar-refractivity contribution < 1.29 is 13.9 Å². The van der Waals surface area contributed by atoms with E-state index in [0.29, 0.717) is 13.1 Å². The molecule has 0 radical (unpaired) electrons. The summed E-state index contributed by atoms with van der Waals surface area (Å²) >= 11 is 0. The van der Waals surface area contributed by atoms with Gasteiger partial charge in [0.15, 0.2) is 0 Å². The molecular formula is C13H20N2O3. The van der Waals surface area contributed by atoms with Gasteiger partial charge < -0.3 is 19.8 Å². The number of rotatable bonds is 4. The number of furan rings is 1. The predicted octanol–water partition coefficient (Wildman–Crippen LogP) is 1.87. The van der Waals surface area contributed by atoms with Gasteiger partial charge in [-0.2, -0.15) is 0 Å². The third-order valence-electron chi connectivity index (χ3n) is 3.10. The summed E-state index contributed by atoms with van der Waals surface area (Å²) in [6, 6.07) is 1.78. The molecule has 1 aromatic heterocycles. The fourth-order valence-electron chi connectivity index (χ4n) is 2.11. The lowest BCUT2D eigenvalue weighted by molar-refractivity contribution is 0.111. The van der Waals surface area contributed by atoms with E-state index in [9.17, 15) is 4.79 Å². The van der Waals surface area contributed by atoms with Gasteiger partial charge in [0.05, 0.1) is 6.10 Å². The monoisotopic (exact) mass is 252 g/mol. The molecule has 0 saturated carbocycles. The van der Waals surface area contributed by atoms with Gasteiger partial charge in [-0.25, -0.2) is 4.79 Å². The van der Waals surface area contributed by atoms with Crippen LogP contribution >= 0.6 is 0 Å². The summed E-state index contributed by atoms with van der Waals surface area (Å²) in [4.78, 5) is 11.6. The predicted molar refractivity (Wildman–Crippen MR) is 67.4 cm³/mol. The number of carbonyl (C=O) groups excluding carboxylic acids is 1. The van der Waals surface area contributed by atoms with Crippen molar-refractivity contribution in [3.05, 3.63) is 23.2 Å². The third kappa shape index (κ3) is 3.50. The normalized spacial score (nSPS) is 18.9. The zero-order valence-corrected chi connectivity index (χ0v) is 10.9. The number of amides is 2. The van der Waals surface area contributed by atoms with Gasteiger partial charge in [0.1, 0.15) is 11.5 Å². The van der Waals surface area contributed by atoms with E-state index in [1.165, 1.54) is 0 Å². The third-order valence-corrected chi connectivity index (χ3v) is 3.10. The van der Waals surface area contributed by atoms with E-state index in [1.54, 1.807) is 0 Å². The fraction of sp³-hybridized carbons (Fsp3) is 0.615. The van der Waals surface area contributed by atoms with E-state index in [-0.39, 0.29) is 12.1 Å². The minimum atomic E-state index is -0.163. The van der Waals surface area contributed by atoms with Crippen LogP contribution in [0.1, 0.15) is 29.9 Å². The van der Waals surface area contributed by atoms with Crippen molar-refractivity contribution >= 4 is 6.03 Å². The van der Waals surface area contributed by atoms with Gasteiger partial charge in [0.25, 0.3) is 0 Å². The Hall–Kier alpha value is -1.49. The Bertz CT molecular complexity index is 408. The standard InChI is InChI=1S/C13H20N2O3/c1-9-6-11(10(2)18-9)7-14-13(16)15-8-12-4-3-5-17-12/h6,12H,3-5,7-8H2,1-2H3,(H2,14,15,16).